The molecule has 1 saturated heterocycles. The van der Waals surface area contributed by atoms with Gasteiger partial charge in [0, 0.05) is 19.0 Å². The third-order valence-electron chi connectivity index (χ3n) is 5.12. The third kappa shape index (κ3) is 2.37. The molecule has 0 N–H and O–H groups in total. The highest BCUT2D eigenvalue weighted by Gasteiger charge is 2.57. The predicted molar refractivity (Wildman–Crippen MR) is 70.3 cm³/mol. The van der Waals surface area contributed by atoms with Gasteiger partial charge in [-0.1, -0.05) is 6.42 Å². The minimum Gasteiger partial charge on any atom is -0.466 e. The summed E-state index contributed by atoms with van der Waals surface area (Å²) in [6, 6.07) is 0. The van der Waals surface area contributed by atoms with Gasteiger partial charge in [0.25, 0.3) is 0 Å². The molecule has 0 radical (unpaired) electrons. The van der Waals surface area contributed by atoms with Crippen molar-refractivity contribution in [1.29, 1.82) is 0 Å². The van der Waals surface area contributed by atoms with E-state index in [9.17, 15) is 9.59 Å². The summed E-state index contributed by atoms with van der Waals surface area (Å²) in [5, 5.41) is 0. The summed E-state index contributed by atoms with van der Waals surface area (Å²) < 4.78 is 5.06. The molecule has 2 atom stereocenters. The first kappa shape index (κ1) is 12.9. The highest BCUT2D eigenvalue weighted by molar-refractivity contribution is 5.83. The Labute approximate surface area is 114 Å². The molecule has 0 aromatic heterocycles. The number of amides is 1. The molecule has 2 aliphatic carbocycles. The number of carbonyl (C=O) groups is 2. The van der Waals surface area contributed by atoms with Gasteiger partial charge in [0.2, 0.25) is 5.91 Å². The van der Waals surface area contributed by atoms with Gasteiger partial charge in [0.05, 0.1) is 12.5 Å². The van der Waals surface area contributed by atoms with E-state index >= 15 is 0 Å². The molecule has 3 aliphatic rings. The molecule has 1 amide bonds. The first-order chi connectivity index (χ1) is 9.22. The normalized spacial score (nSPS) is 33.9. The van der Waals surface area contributed by atoms with E-state index in [4.69, 9.17) is 4.74 Å². The van der Waals surface area contributed by atoms with Crippen LogP contribution in [0.4, 0.5) is 0 Å². The monoisotopic (exact) mass is 265 g/mol. The Morgan fingerprint density at radius 2 is 1.74 bits per heavy atom. The topological polar surface area (TPSA) is 46.6 Å². The number of esters is 1. The number of likely N-dealkylation sites (tertiary alicyclic amines) is 1. The lowest BCUT2D eigenvalue weighted by atomic mass is 9.96. The Bertz CT molecular complexity index is 364. The van der Waals surface area contributed by atoms with Crippen molar-refractivity contribution < 1.29 is 14.3 Å². The Morgan fingerprint density at radius 3 is 2.32 bits per heavy atom. The van der Waals surface area contributed by atoms with E-state index in [2.05, 4.69) is 0 Å². The van der Waals surface area contributed by atoms with E-state index in [0.29, 0.717) is 30.3 Å². The molecule has 1 aliphatic heterocycles. The van der Waals surface area contributed by atoms with E-state index in [1.807, 2.05) is 11.8 Å². The van der Waals surface area contributed by atoms with Gasteiger partial charge in [0.15, 0.2) is 0 Å². The summed E-state index contributed by atoms with van der Waals surface area (Å²) in [5.74, 6) is 1.98. The molecule has 3 fully saturated rings. The smallest absolute Gasteiger partial charge is 0.309 e. The molecule has 19 heavy (non-hydrogen) atoms. The van der Waals surface area contributed by atoms with Crippen LogP contribution in [0.5, 0.6) is 0 Å². The maximum absolute atomic E-state index is 12.4. The zero-order valence-electron chi connectivity index (χ0n) is 11.6. The molecule has 0 aromatic carbocycles. The van der Waals surface area contributed by atoms with Crippen LogP contribution in [-0.2, 0) is 14.3 Å². The van der Waals surface area contributed by atoms with Crippen molar-refractivity contribution in [2.24, 2.45) is 23.7 Å². The quantitative estimate of drug-likeness (QED) is 0.731. The zero-order valence-corrected chi connectivity index (χ0v) is 11.6. The van der Waals surface area contributed by atoms with Gasteiger partial charge in [-0.3, -0.25) is 9.59 Å². The molecule has 0 aromatic rings. The maximum Gasteiger partial charge on any atom is 0.309 e. The first-order valence-corrected chi connectivity index (χ1v) is 7.67. The van der Waals surface area contributed by atoms with Crippen molar-refractivity contribution in [3.63, 3.8) is 0 Å². The second-order valence-corrected chi connectivity index (χ2v) is 6.14. The maximum atomic E-state index is 12.4. The number of carbonyl (C=O) groups excluding carboxylic acids is 2. The van der Waals surface area contributed by atoms with Crippen molar-refractivity contribution in [1.82, 2.24) is 4.90 Å². The largest absolute Gasteiger partial charge is 0.466 e. The van der Waals surface area contributed by atoms with Gasteiger partial charge in [0.1, 0.15) is 0 Å². The second-order valence-electron chi connectivity index (χ2n) is 6.14. The summed E-state index contributed by atoms with van der Waals surface area (Å²) in [4.78, 5) is 26.0. The van der Waals surface area contributed by atoms with Crippen LogP contribution < -0.4 is 0 Å². The lowest BCUT2D eigenvalue weighted by Crippen LogP contribution is -2.42. The van der Waals surface area contributed by atoms with E-state index in [-0.39, 0.29) is 11.9 Å². The highest BCUT2D eigenvalue weighted by Crippen LogP contribution is 2.58. The number of fused-ring (bicyclic) bond motifs is 1. The van der Waals surface area contributed by atoms with Gasteiger partial charge in [-0.2, -0.15) is 0 Å². The fourth-order valence-corrected chi connectivity index (χ4v) is 3.99. The van der Waals surface area contributed by atoms with E-state index < -0.39 is 0 Å². The van der Waals surface area contributed by atoms with Crippen LogP contribution in [0.2, 0.25) is 0 Å². The van der Waals surface area contributed by atoms with Crippen molar-refractivity contribution in [2.75, 3.05) is 19.7 Å². The highest BCUT2D eigenvalue weighted by atomic mass is 16.5. The first-order valence-electron chi connectivity index (χ1n) is 7.67. The van der Waals surface area contributed by atoms with Gasteiger partial charge in [-0.15, -0.1) is 0 Å². The number of hydrogen-bond acceptors (Lipinski definition) is 3. The summed E-state index contributed by atoms with van der Waals surface area (Å²) in [5.41, 5.74) is 0. The van der Waals surface area contributed by atoms with E-state index in [1.54, 1.807) is 0 Å². The zero-order chi connectivity index (χ0) is 13.4. The van der Waals surface area contributed by atoms with Crippen LogP contribution in [-0.4, -0.2) is 36.5 Å². The molecular formula is C15H23NO3. The molecular weight excluding hydrogens is 242 g/mol. The van der Waals surface area contributed by atoms with Crippen LogP contribution >= 0.6 is 0 Å². The lowest BCUT2D eigenvalue weighted by molar-refractivity contribution is -0.151. The number of nitrogens with zero attached hydrogens (tertiary/aromatic N) is 1. The Hall–Kier alpha value is -1.06. The van der Waals surface area contributed by atoms with Crippen molar-refractivity contribution >= 4 is 11.9 Å². The Balaban J connectivity index is 1.48. The summed E-state index contributed by atoms with van der Waals surface area (Å²) in [7, 11) is 0. The molecule has 2 unspecified atom stereocenters. The summed E-state index contributed by atoms with van der Waals surface area (Å²) in [6.45, 7) is 3.75. The minimum absolute atomic E-state index is 0.00250. The number of ether oxygens (including phenoxy) is 1. The third-order valence-corrected chi connectivity index (χ3v) is 5.12. The molecule has 4 heteroatoms. The lowest BCUT2D eigenvalue weighted by Gasteiger charge is -2.31. The van der Waals surface area contributed by atoms with Crippen molar-refractivity contribution in [3.8, 4) is 0 Å². The van der Waals surface area contributed by atoms with Crippen LogP contribution in [0.3, 0.4) is 0 Å². The fourth-order valence-electron chi connectivity index (χ4n) is 3.99. The standard InChI is InChI=1S/C15H23NO3/c1-2-19-15(18)10-6-8-16(9-7-10)14(17)13-11-4-3-5-12(11)13/h10-13H,2-9H2,1H3. The van der Waals surface area contributed by atoms with Gasteiger partial charge < -0.3 is 9.64 Å². The number of piperidine rings is 1. The molecule has 3 rings (SSSR count). The van der Waals surface area contributed by atoms with Crippen LogP contribution in [0, 0.1) is 23.7 Å². The number of hydrogen-bond donors (Lipinski definition) is 0. The second kappa shape index (κ2) is 5.14. The van der Waals surface area contributed by atoms with Gasteiger partial charge in [-0.25, -0.2) is 0 Å². The molecule has 106 valence electrons. The van der Waals surface area contributed by atoms with E-state index in [1.165, 1.54) is 19.3 Å². The molecule has 0 spiro atoms. The molecule has 0 bridgehead atoms. The molecule has 2 saturated carbocycles. The Morgan fingerprint density at radius 1 is 1.11 bits per heavy atom. The number of rotatable bonds is 3. The van der Waals surface area contributed by atoms with Gasteiger partial charge >= 0.3 is 5.97 Å². The molecule has 4 nitrogen and oxygen atoms in total. The molecule has 1 heterocycles. The summed E-state index contributed by atoms with van der Waals surface area (Å²) in [6.07, 6.45) is 5.35. The van der Waals surface area contributed by atoms with E-state index in [0.717, 1.165) is 25.9 Å². The summed E-state index contributed by atoms with van der Waals surface area (Å²) >= 11 is 0. The fraction of sp³-hybridized carbons (Fsp3) is 0.867. The average molecular weight is 265 g/mol. The average Bonchev–Trinajstić information content (AvgIpc) is 2.91. The van der Waals surface area contributed by atoms with Crippen molar-refractivity contribution in [2.45, 2.75) is 39.0 Å². The van der Waals surface area contributed by atoms with Gasteiger partial charge in [-0.05, 0) is 44.4 Å². The van der Waals surface area contributed by atoms with Crippen LogP contribution in [0.25, 0.3) is 0 Å². The minimum atomic E-state index is -0.0853. The SMILES string of the molecule is CCOC(=O)C1CCN(C(=O)C2C3CCCC32)CC1. The van der Waals surface area contributed by atoms with Crippen LogP contribution in [0.15, 0.2) is 0 Å². The van der Waals surface area contributed by atoms with Crippen LogP contribution in [0.1, 0.15) is 39.0 Å². The Kier molecular flexibility index (Phi) is 3.50. The van der Waals surface area contributed by atoms with Crippen molar-refractivity contribution in [3.05, 3.63) is 0 Å². The predicted octanol–water partition coefficient (Wildman–Crippen LogP) is 1.83.